The van der Waals surface area contributed by atoms with Crippen LogP contribution < -0.4 is 5.32 Å². The van der Waals surface area contributed by atoms with Crippen molar-refractivity contribution in [2.75, 3.05) is 19.7 Å². The summed E-state index contributed by atoms with van der Waals surface area (Å²) in [6.45, 7) is 1.23. The van der Waals surface area contributed by atoms with Crippen LogP contribution in [0.5, 0.6) is 0 Å². The van der Waals surface area contributed by atoms with E-state index in [1.165, 1.54) is 0 Å². The van der Waals surface area contributed by atoms with Gasteiger partial charge in [0.05, 0.1) is 28.6 Å². The molecule has 0 bridgehead atoms. The van der Waals surface area contributed by atoms with Crippen molar-refractivity contribution in [3.63, 3.8) is 0 Å². The number of likely N-dealkylation sites (tertiary alicyclic amines) is 1. The number of carbonyl (C=O) groups excluding carboxylic acids is 2. The molecule has 2 aliphatic rings. The van der Waals surface area contributed by atoms with Crippen molar-refractivity contribution in [3.8, 4) is 0 Å². The van der Waals surface area contributed by atoms with Crippen molar-refractivity contribution in [1.82, 2.24) is 10.2 Å². The second kappa shape index (κ2) is 6.44. The van der Waals surface area contributed by atoms with E-state index in [1.54, 1.807) is 23.1 Å². The fraction of sp³-hybridized carbons (Fsp3) is 0.467. The summed E-state index contributed by atoms with van der Waals surface area (Å²) in [5.41, 5.74) is 0.824. The Balaban J connectivity index is 1.62. The van der Waals surface area contributed by atoms with Crippen molar-refractivity contribution in [2.45, 2.75) is 25.0 Å². The Morgan fingerprint density at radius 3 is 2.95 bits per heavy atom. The first kappa shape index (κ1) is 15.6. The van der Waals surface area contributed by atoms with Gasteiger partial charge in [0.15, 0.2) is 0 Å². The predicted octanol–water partition coefficient (Wildman–Crippen LogP) is 1.65. The number of benzene rings is 1. The van der Waals surface area contributed by atoms with Crippen molar-refractivity contribution in [3.05, 3.63) is 33.8 Å². The molecule has 1 aromatic rings. The summed E-state index contributed by atoms with van der Waals surface area (Å²) in [6, 6.07) is 5.07. The minimum absolute atomic E-state index is 0.00623. The molecule has 3 rings (SSSR count). The molecule has 2 amide bonds. The van der Waals surface area contributed by atoms with E-state index in [1.807, 2.05) is 0 Å². The number of morpholine rings is 1. The van der Waals surface area contributed by atoms with E-state index in [-0.39, 0.29) is 37.0 Å². The number of halogens is 2. The van der Waals surface area contributed by atoms with Crippen LogP contribution in [0.15, 0.2) is 18.2 Å². The average molecular weight is 343 g/mol. The molecule has 0 saturated carbocycles. The third-order valence-corrected chi connectivity index (χ3v) is 4.76. The minimum Gasteiger partial charge on any atom is -0.366 e. The second-order valence-electron chi connectivity index (χ2n) is 5.58. The highest BCUT2D eigenvalue weighted by molar-refractivity contribution is 6.42. The predicted molar refractivity (Wildman–Crippen MR) is 83.0 cm³/mol. The molecule has 22 heavy (non-hydrogen) atoms. The van der Waals surface area contributed by atoms with Crippen LogP contribution in [-0.2, 0) is 20.7 Å². The summed E-state index contributed by atoms with van der Waals surface area (Å²) in [5.74, 6) is -0.114. The van der Waals surface area contributed by atoms with Crippen molar-refractivity contribution in [1.29, 1.82) is 0 Å². The number of nitrogens with one attached hydrogen (secondary N) is 1. The first-order chi connectivity index (χ1) is 10.5. The number of hydrogen-bond acceptors (Lipinski definition) is 3. The summed E-state index contributed by atoms with van der Waals surface area (Å²) in [6.07, 6.45) is 1.01. The molecule has 1 aromatic carbocycles. The second-order valence-corrected chi connectivity index (χ2v) is 6.39. The first-order valence-electron chi connectivity index (χ1n) is 7.15. The lowest BCUT2D eigenvalue weighted by Gasteiger charge is -2.41. The monoisotopic (exact) mass is 342 g/mol. The summed E-state index contributed by atoms with van der Waals surface area (Å²) in [4.78, 5) is 25.6. The van der Waals surface area contributed by atoms with Gasteiger partial charge in [0, 0.05) is 13.1 Å². The molecule has 2 saturated heterocycles. The van der Waals surface area contributed by atoms with Crippen LogP contribution in [0, 0.1) is 0 Å². The minimum atomic E-state index is -0.125. The molecule has 1 N–H and O–H groups in total. The molecule has 0 unspecified atom stereocenters. The van der Waals surface area contributed by atoms with E-state index in [9.17, 15) is 9.59 Å². The van der Waals surface area contributed by atoms with Crippen molar-refractivity contribution in [2.24, 2.45) is 0 Å². The Morgan fingerprint density at radius 2 is 2.18 bits per heavy atom. The molecule has 0 radical (unpaired) electrons. The van der Waals surface area contributed by atoms with Crippen molar-refractivity contribution < 1.29 is 14.3 Å². The van der Waals surface area contributed by atoms with Crippen LogP contribution in [0.4, 0.5) is 0 Å². The lowest BCUT2D eigenvalue weighted by atomic mass is 9.99. The number of hydrogen-bond donors (Lipinski definition) is 1. The lowest BCUT2D eigenvalue weighted by molar-refractivity contribution is -0.146. The zero-order valence-corrected chi connectivity index (χ0v) is 13.4. The van der Waals surface area contributed by atoms with Gasteiger partial charge in [-0.1, -0.05) is 29.3 Å². The molecular formula is C15H16Cl2N2O3. The smallest absolute Gasteiger partial charge is 0.246 e. The number of piperidine rings is 1. The van der Waals surface area contributed by atoms with E-state index < -0.39 is 0 Å². The molecule has 7 heteroatoms. The van der Waals surface area contributed by atoms with E-state index >= 15 is 0 Å². The third-order valence-electron chi connectivity index (χ3n) is 4.02. The summed E-state index contributed by atoms with van der Waals surface area (Å²) < 4.78 is 5.49. The van der Waals surface area contributed by atoms with Gasteiger partial charge in [-0.05, 0) is 24.1 Å². The highest BCUT2D eigenvalue weighted by Gasteiger charge is 2.36. The van der Waals surface area contributed by atoms with Crippen LogP contribution >= 0.6 is 23.2 Å². The van der Waals surface area contributed by atoms with Gasteiger partial charge in [0.25, 0.3) is 0 Å². The van der Waals surface area contributed by atoms with E-state index in [0.717, 1.165) is 12.0 Å². The zero-order chi connectivity index (χ0) is 15.7. The Morgan fingerprint density at radius 1 is 1.36 bits per heavy atom. The largest absolute Gasteiger partial charge is 0.366 e. The fourth-order valence-corrected chi connectivity index (χ4v) is 3.18. The standard InChI is InChI=1S/C15H16Cl2N2O3/c16-10-2-1-9(5-11(10)17)6-15(21)19-4-3-13-12(7-19)18-14(20)8-22-13/h1-2,5,12-13H,3-4,6-8H2,(H,18,20)/t12-,13+/m1/s1. The van der Waals surface area contributed by atoms with Gasteiger partial charge in [-0.3, -0.25) is 9.59 Å². The number of fused-ring (bicyclic) bond motifs is 1. The maximum Gasteiger partial charge on any atom is 0.246 e. The maximum absolute atomic E-state index is 12.4. The van der Waals surface area contributed by atoms with Crippen molar-refractivity contribution >= 4 is 35.0 Å². The number of amides is 2. The Bertz CT molecular complexity index is 608. The van der Waals surface area contributed by atoms with Gasteiger partial charge in [-0.25, -0.2) is 0 Å². The number of carbonyl (C=O) groups is 2. The molecule has 5 nitrogen and oxygen atoms in total. The molecule has 0 spiro atoms. The van der Waals surface area contributed by atoms with Crippen LogP contribution in [0.1, 0.15) is 12.0 Å². The number of ether oxygens (including phenoxy) is 1. The number of rotatable bonds is 2. The highest BCUT2D eigenvalue weighted by Crippen LogP contribution is 2.24. The Kier molecular flexibility index (Phi) is 4.57. The average Bonchev–Trinajstić information content (AvgIpc) is 2.50. The van der Waals surface area contributed by atoms with Gasteiger partial charge in [-0.2, -0.15) is 0 Å². The summed E-state index contributed by atoms with van der Waals surface area (Å²) in [7, 11) is 0. The van der Waals surface area contributed by atoms with E-state index in [0.29, 0.717) is 23.1 Å². The SMILES string of the molecule is O=C1CO[C@H]2CCN(C(=O)Cc3ccc(Cl)c(Cl)c3)C[C@H]2N1. The van der Waals surface area contributed by atoms with Crippen LogP contribution in [0.25, 0.3) is 0 Å². The number of nitrogens with zero attached hydrogens (tertiary/aromatic N) is 1. The van der Waals surface area contributed by atoms with E-state index in [2.05, 4.69) is 5.32 Å². The quantitative estimate of drug-likeness (QED) is 0.888. The lowest BCUT2D eigenvalue weighted by Crippen LogP contribution is -2.61. The molecule has 118 valence electrons. The Hall–Kier alpha value is -1.30. The first-order valence-corrected chi connectivity index (χ1v) is 7.91. The third kappa shape index (κ3) is 3.37. The van der Waals surface area contributed by atoms with Crippen LogP contribution in [-0.4, -0.2) is 48.6 Å². The summed E-state index contributed by atoms with van der Waals surface area (Å²) in [5, 5.41) is 3.80. The topological polar surface area (TPSA) is 58.6 Å². The van der Waals surface area contributed by atoms with Gasteiger partial charge < -0.3 is 15.0 Å². The molecule has 0 aromatic heterocycles. The molecule has 2 heterocycles. The van der Waals surface area contributed by atoms with Gasteiger partial charge >= 0.3 is 0 Å². The molecule has 2 fully saturated rings. The van der Waals surface area contributed by atoms with E-state index in [4.69, 9.17) is 27.9 Å². The van der Waals surface area contributed by atoms with Gasteiger partial charge in [0.1, 0.15) is 6.61 Å². The Labute approximate surface area is 138 Å². The normalized spacial score (nSPS) is 24.6. The van der Waals surface area contributed by atoms with Gasteiger partial charge in [-0.15, -0.1) is 0 Å². The maximum atomic E-state index is 12.4. The van der Waals surface area contributed by atoms with Crippen LogP contribution in [0.3, 0.4) is 0 Å². The molecule has 2 aliphatic heterocycles. The molecule has 2 atom stereocenters. The van der Waals surface area contributed by atoms with Crippen LogP contribution in [0.2, 0.25) is 10.0 Å². The highest BCUT2D eigenvalue weighted by atomic mass is 35.5. The molecular weight excluding hydrogens is 327 g/mol. The fourth-order valence-electron chi connectivity index (χ4n) is 2.86. The van der Waals surface area contributed by atoms with Gasteiger partial charge in [0.2, 0.25) is 11.8 Å². The zero-order valence-electron chi connectivity index (χ0n) is 11.9. The molecule has 0 aliphatic carbocycles. The summed E-state index contributed by atoms with van der Waals surface area (Å²) >= 11 is 11.8.